The van der Waals surface area contributed by atoms with Crippen molar-refractivity contribution < 1.29 is 4.79 Å². The molecule has 1 radical (unpaired) electrons. The van der Waals surface area contributed by atoms with E-state index in [0.717, 1.165) is 12.0 Å². The molecule has 0 aliphatic heterocycles. The van der Waals surface area contributed by atoms with Crippen LogP contribution in [0.25, 0.3) is 0 Å². The Balaban J connectivity index is 2.69. The molecule has 0 fully saturated rings. The van der Waals surface area contributed by atoms with Gasteiger partial charge in [-0.25, -0.2) is 0 Å². The first-order valence-corrected chi connectivity index (χ1v) is 3.01. The summed E-state index contributed by atoms with van der Waals surface area (Å²) >= 11 is 0. The summed E-state index contributed by atoms with van der Waals surface area (Å²) in [7, 11) is 0. The zero-order chi connectivity index (χ0) is 6.69. The molecule has 0 saturated heterocycles. The van der Waals surface area contributed by atoms with E-state index in [1.807, 2.05) is 24.6 Å². The lowest BCUT2D eigenvalue weighted by molar-refractivity contribution is -0.113. The minimum absolute atomic E-state index is 0.152. The summed E-state index contributed by atoms with van der Waals surface area (Å²) in [6.45, 7) is 1.58. The molecule has 1 aliphatic rings. The molecule has 0 N–H and O–H groups in total. The molecule has 9 heavy (non-hydrogen) atoms. The van der Waals surface area contributed by atoms with Crippen LogP contribution >= 0.6 is 0 Å². The second-order valence-electron chi connectivity index (χ2n) is 2.05. The van der Waals surface area contributed by atoms with E-state index >= 15 is 0 Å². The largest absolute Gasteiger partial charge is 0.295 e. The highest BCUT2D eigenvalue weighted by Crippen LogP contribution is 2.08. The number of Topliss-reactive ketones (excluding diaryl/α,β-unsaturated/α-hetero) is 1. The van der Waals surface area contributed by atoms with Gasteiger partial charge in [0.15, 0.2) is 5.78 Å². The van der Waals surface area contributed by atoms with E-state index in [2.05, 4.69) is 0 Å². The van der Waals surface area contributed by atoms with E-state index in [4.69, 9.17) is 0 Å². The molecule has 1 rings (SSSR count). The lowest BCUT2D eigenvalue weighted by atomic mass is 10.0. The number of hydrogen-bond acceptors (Lipinski definition) is 1. The molecule has 0 aromatic heterocycles. The van der Waals surface area contributed by atoms with Gasteiger partial charge in [0.25, 0.3) is 0 Å². The van der Waals surface area contributed by atoms with Crippen molar-refractivity contribution in [3.05, 3.63) is 30.2 Å². The molecule has 1 aliphatic carbocycles. The van der Waals surface area contributed by atoms with Gasteiger partial charge in [-0.15, -0.1) is 0 Å². The third-order valence-electron chi connectivity index (χ3n) is 1.29. The van der Waals surface area contributed by atoms with Gasteiger partial charge in [0, 0.05) is 5.57 Å². The van der Waals surface area contributed by atoms with Crippen molar-refractivity contribution in [2.24, 2.45) is 0 Å². The lowest BCUT2D eigenvalue weighted by Gasteiger charge is -1.99. The summed E-state index contributed by atoms with van der Waals surface area (Å²) in [5.74, 6) is 0.152. The standard InChI is InChI=1S/C8H9O/c1-7(9)8-5-3-2-4-6-8/h2-3,5-6H,4H2,1H3. The van der Waals surface area contributed by atoms with Crippen LogP contribution in [0.3, 0.4) is 0 Å². The van der Waals surface area contributed by atoms with Gasteiger partial charge in [0.1, 0.15) is 0 Å². The van der Waals surface area contributed by atoms with Crippen LogP contribution < -0.4 is 0 Å². The van der Waals surface area contributed by atoms with Crippen LogP contribution in [-0.2, 0) is 4.79 Å². The third kappa shape index (κ3) is 1.53. The van der Waals surface area contributed by atoms with Gasteiger partial charge in [-0.1, -0.05) is 18.2 Å². The Morgan fingerprint density at radius 1 is 1.67 bits per heavy atom. The number of allylic oxidation sites excluding steroid dienone is 4. The molecule has 0 aromatic carbocycles. The molecule has 1 nitrogen and oxygen atoms in total. The van der Waals surface area contributed by atoms with Gasteiger partial charge in [0.05, 0.1) is 0 Å². The Hall–Kier alpha value is -0.850. The molecule has 0 amide bonds. The lowest BCUT2D eigenvalue weighted by Crippen LogP contribution is -1.95. The summed E-state index contributed by atoms with van der Waals surface area (Å²) in [4.78, 5) is 10.7. The number of carbonyl (C=O) groups excluding carboxylic acids is 1. The van der Waals surface area contributed by atoms with E-state index in [1.54, 1.807) is 6.92 Å². The maximum atomic E-state index is 10.7. The Morgan fingerprint density at radius 2 is 2.44 bits per heavy atom. The predicted octanol–water partition coefficient (Wildman–Crippen LogP) is 1.67. The fourth-order valence-electron chi connectivity index (χ4n) is 0.774. The Morgan fingerprint density at radius 3 is 2.78 bits per heavy atom. The van der Waals surface area contributed by atoms with Crippen molar-refractivity contribution in [1.29, 1.82) is 0 Å². The molecule has 0 spiro atoms. The highest BCUT2D eigenvalue weighted by Gasteiger charge is 2.00. The maximum absolute atomic E-state index is 10.7. The van der Waals surface area contributed by atoms with Crippen molar-refractivity contribution >= 4 is 5.78 Å². The van der Waals surface area contributed by atoms with E-state index in [0.29, 0.717) is 0 Å². The minimum atomic E-state index is 0.152. The van der Waals surface area contributed by atoms with E-state index in [1.165, 1.54) is 0 Å². The number of ketones is 1. The summed E-state index contributed by atoms with van der Waals surface area (Å²) in [5.41, 5.74) is 0.831. The molecule has 0 unspecified atom stereocenters. The second kappa shape index (κ2) is 2.62. The van der Waals surface area contributed by atoms with Crippen molar-refractivity contribution in [1.82, 2.24) is 0 Å². The first kappa shape index (κ1) is 6.27. The van der Waals surface area contributed by atoms with Crippen LogP contribution in [0.15, 0.2) is 23.8 Å². The monoisotopic (exact) mass is 121 g/mol. The molecular formula is C8H9O. The molecule has 0 aromatic rings. The number of carbonyl (C=O) groups is 1. The highest BCUT2D eigenvalue weighted by molar-refractivity contribution is 5.96. The molecule has 0 saturated carbocycles. The van der Waals surface area contributed by atoms with Gasteiger partial charge in [-0.3, -0.25) is 4.79 Å². The Kier molecular flexibility index (Phi) is 1.83. The van der Waals surface area contributed by atoms with Crippen molar-refractivity contribution in [3.8, 4) is 0 Å². The van der Waals surface area contributed by atoms with Gasteiger partial charge < -0.3 is 0 Å². The van der Waals surface area contributed by atoms with E-state index < -0.39 is 0 Å². The minimum Gasteiger partial charge on any atom is -0.295 e. The van der Waals surface area contributed by atoms with E-state index in [9.17, 15) is 4.79 Å². The van der Waals surface area contributed by atoms with Gasteiger partial charge in [-0.05, 0) is 19.8 Å². The third-order valence-corrected chi connectivity index (χ3v) is 1.29. The van der Waals surface area contributed by atoms with Crippen molar-refractivity contribution in [3.63, 3.8) is 0 Å². The second-order valence-corrected chi connectivity index (χ2v) is 2.05. The van der Waals surface area contributed by atoms with Crippen LogP contribution in [0.1, 0.15) is 13.3 Å². The summed E-state index contributed by atoms with van der Waals surface area (Å²) in [6, 6.07) is 0. The van der Waals surface area contributed by atoms with Crippen LogP contribution in [0.2, 0.25) is 0 Å². The normalized spacial score (nSPS) is 17.2. The Labute approximate surface area is 55.1 Å². The summed E-state index contributed by atoms with van der Waals surface area (Å²) < 4.78 is 0. The van der Waals surface area contributed by atoms with Crippen molar-refractivity contribution in [2.75, 3.05) is 0 Å². The zero-order valence-corrected chi connectivity index (χ0v) is 5.42. The number of hydrogen-bond donors (Lipinski definition) is 0. The molecule has 1 heteroatoms. The highest BCUT2D eigenvalue weighted by atomic mass is 16.1. The first-order valence-electron chi connectivity index (χ1n) is 3.01. The van der Waals surface area contributed by atoms with Gasteiger partial charge in [-0.2, -0.15) is 0 Å². The average molecular weight is 121 g/mol. The van der Waals surface area contributed by atoms with Crippen molar-refractivity contribution in [2.45, 2.75) is 13.3 Å². The molecule has 0 bridgehead atoms. The van der Waals surface area contributed by atoms with Crippen LogP contribution in [0.4, 0.5) is 0 Å². The number of rotatable bonds is 1. The quantitative estimate of drug-likeness (QED) is 0.515. The van der Waals surface area contributed by atoms with Crippen LogP contribution in [0, 0.1) is 6.42 Å². The van der Waals surface area contributed by atoms with Gasteiger partial charge >= 0.3 is 0 Å². The topological polar surface area (TPSA) is 17.1 Å². The average Bonchev–Trinajstić information content (AvgIpc) is 1.90. The van der Waals surface area contributed by atoms with Crippen LogP contribution in [-0.4, -0.2) is 5.78 Å². The summed E-state index contributed by atoms with van der Waals surface area (Å²) in [5, 5.41) is 0. The van der Waals surface area contributed by atoms with Crippen LogP contribution in [0.5, 0.6) is 0 Å². The first-order chi connectivity index (χ1) is 4.30. The summed E-state index contributed by atoms with van der Waals surface area (Å²) in [6.07, 6.45) is 8.60. The van der Waals surface area contributed by atoms with Gasteiger partial charge in [0.2, 0.25) is 0 Å². The predicted molar refractivity (Wildman–Crippen MR) is 36.8 cm³/mol. The maximum Gasteiger partial charge on any atom is 0.159 e. The molecule has 47 valence electrons. The molecule has 0 heterocycles. The smallest absolute Gasteiger partial charge is 0.159 e. The molecular weight excluding hydrogens is 112 g/mol. The molecule has 0 atom stereocenters. The fraction of sp³-hybridized carbons (Fsp3) is 0.250. The SMILES string of the molecule is CC(=O)C1=CC[CH]C=C1. The zero-order valence-electron chi connectivity index (χ0n) is 5.42. The van der Waals surface area contributed by atoms with E-state index in [-0.39, 0.29) is 5.78 Å². The fourth-order valence-corrected chi connectivity index (χ4v) is 0.774. The Bertz CT molecular complexity index is 175.